The number of thioether (sulfide) groups is 1. The van der Waals surface area contributed by atoms with Gasteiger partial charge in [-0.15, -0.1) is 11.8 Å². The van der Waals surface area contributed by atoms with Gasteiger partial charge in [0, 0.05) is 17.9 Å². The minimum Gasteiger partial charge on any atom is -0.396 e. The fourth-order valence-corrected chi connectivity index (χ4v) is 2.47. The van der Waals surface area contributed by atoms with Crippen molar-refractivity contribution >= 4 is 23.4 Å². The highest BCUT2D eigenvalue weighted by Gasteiger charge is 2.07. The molecule has 1 aromatic carbocycles. The van der Waals surface area contributed by atoms with E-state index in [-0.39, 0.29) is 6.61 Å². The number of aliphatic hydroxyl groups is 1. The van der Waals surface area contributed by atoms with E-state index in [1.165, 1.54) is 0 Å². The summed E-state index contributed by atoms with van der Waals surface area (Å²) in [5.41, 5.74) is 0. The Kier molecular flexibility index (Phi) is 5.04. The average Bonchev–Trinajstić information content (AvgIpc) is 2.83. The fraction of sp³-hybridized carbons (Fsp3) is 0.333. The van der Waals surface area contributed by atoms with E-state index in [0.717, 1.165) is 9.92 Å². The van der Waals surface area contributed by atoms with E-state index >= 15 is 0 Å². The predicted octanol–water partition coefficient (Wildman–Crippen LogP) is 2.94. The molecule has 1 aromatic heterocycles. The molecule has 0 saturated heterocycles. The van der Waals surface area contributed by atoms with Gasteiger partial charge in [-0.25, -0.2) is 0 Å². The number of aryl methyl sites for hydroxylation is 1. The molecule has 0 aliphatic rings. The van der Waals surface area contributed by atoms with Gasteiger partial charge in [-0.1, -0.05) is 28.9 Å². The molecule has 18 heavy (non-hydrogen) atoms. The number of hydrogen-bond acceptors (Lipinski definition) is 5. The second-order valence-electron chi connectivity index (χ2n) is 3.65. The summed E-state index contributed by atoms with van der Waals surface area (Å²) in [6.45, 7) is 0.131. The third kappa shape index (κ3) is 3.73. The van der Waals surface area contributed by atoms with Crippen LogP contribution in [0.4, 0.5) is 0 Å². The highest BCUT2D eigenvalue weighted by atomic mass is 35.5. The molecule has 4 nitrogen and oxygen atoms in total. The maximum Gasteiger partial charge on any atom is 0.226 e. The van der Waals surface area contributed by atoms with Crippen molar-refractivity contribution in [2.24, 2.45) is 0 Å². The molecular formula is C12H13ClN2O2S. The first-order valence-corrected chi connectivity index (χ1v) is 6.95. The van der Waals surface area contributed by atoms with Crippen molar-refractivity contribution < 1.29 is 9.63 Å². The number of hydrogen-bond donors (Lipinski definition) is 1. The molecule has 0 unspecified atom stereocenters. The summed E-state index contributed by atoms with van der Waals surface area (Å²) in [6, 6.07) is 7.65. The monoisotopic (exact) mass is 284 g/mol. The Bertz CT molecular complexity index is 504. The van der Waals surface area contributed by atoms with Crippen molar-refractivity contribution in [1.82, 2.24) is 10.1 Å². The van der Waals surface area contributed by atoms with E-state index in [9.17, 15) is 0 Å². The normalized spacial score (nSPS) is 10.8. The van der Waals surface area contributed by atoms with Crippen LogP contribution in [0.2, 0.25) is 5.02 Å². The first-order valence-electron chi connectivity index (χ1n) is 5.59. The van der Waals surface area contributed by atoms with Crippen LogP contribution in [0.1, 0.15) is 18.1 Å². The van der Waals surface area contributed by atoms with Crippen LogP contribution in [0.3, 0.4) is 0 Å². The van der Waals surface area contributed by atoms with Gasteiger partial charge < -0.3 is 9.63 Å². The van der Waals surface area contributed by atoms with Crippen LogP contribution in [0.15, 0.2) is 33.7 Å². The maximum atomic E-state index is 8.71. The van der Waals surface area contributed by atoms with E-state index in [1.54, 1.807) is 11.8 Å². The quantitative estimate of drug-likeness (QED) is 0.827. The summed E-state index contributed by atoms with van der Waals surface area (Å²) >= 11 is 7.62. The third-order valence-electron chi connectivity index (χ3n) is 2.25. The highest BCUT2D eigenvalue weighted by Crippen LogP contribution is 2.28. The van der Waals surface area contributed by atoms with E-state index in [2.05, 4.69) is 10.1 Å². The van der Waals surface area contributed by atoms with E-state index in [4.69, 9.17) is 21.2 Å². The van der Waals surface area contributed by atoms with Crippen molar-refractivity contribution in [1.29, 1.82) is 0 Å². The molecule has 0 bridgehead atoms. The van der Waals surface area contributed by atoms with Crippen LogP contribution in [-0.4, -0.2) is 21.9 Å². The summed E-state index contributed by atoms with van der Waals surface area (Å²) in [6.07, 6.45) is 1.25. The summed E-state index contributed by atoms with van der Waals surface area (Å²) in [5.74, 6) is 1.83. The largest absolute Gasteiger partial charge is 0.396 e. The zero-order chi connectivity index (χ0) is 12.8. The van der Waals surface area contributed by atoms with Crippen LogP contribution in [0.5, 0.6) is 0 Å². The van der Waals surface area contributed by atoms with Gasteiger partial charge in [0.2, 0.25) is 5.89 Å². The third-order valence-corrected chi connectivity index (χ3v) is 3.76. The first-order chi connectivity index (χ1) is 8.79. The van der Waals surface area contributed by atoms with Gasteiger partial charge in [-0.05, 0) is 18.6 Å². The zero-order valence-corrected chi connectivity index (χ0v) is 11.2. The van der Waals surface area contributed by atoms with Crippen molar-refractivity contribution in [3.05, 3.63) is 41.0 Å². The van der Waals surface area contributed by atoms with Crippen molar-refractivity contribution in [3.8, 4) is 0 Å². The van der Waals surface area contributed by atoms with Gasteiger partial charge >= 0.3 is 0 Å². The molecule has 2 rings (SSSR count). The topological polar surface area (TPSA) is 59.2 Å². The number of benzene rings is 1. The molecule has 1 heterocycles. The summed E-state index contributed by atoms with van der Waals surface area (Å²) in [4.78, 5) is 5.24. The summed E-state index contributed by atoms with van der Waals surface area (Å²) in [7, 11) is 0. The van der Waals surface area contributed by atoms with Crippen molar-refractivity contribution in [3.63, 3.8) is 0 Å². The molecule has 0 aliphatic heterocycles. The van der Waals surface area contributed by atoms with Crippen LogP contribution in [0.25, 0.3) is 0 Å². The minimum atomic E-state index is 0.131. The van der Waals surface area contributed by atoms with Gasteiger partial charge in [0.15, 0.2) is 5.82 Å². The number of aliphatic hydroxyl groups excluding tert-OH is 1. The molecule has 96 valence electrons. The molecule has 0 amide bonds. The number of aromatic nitrogens is 2. The first kappa shape index (κ1) is 13.4. The second kappa shape index (κ2) is 6.78. The Morgan fingerprint density at radius 3 is 2.94 bits per heavy atom. The van der Waals surface area contributed by atoms with Gasteiger partial charge in [0.05, 0.1) is 10.8 Å². The molecule has 0 radical (unpaired) electrons. The van der Waals surface area contributed by atoms with Crippen LogP contribution >= 0.6 is 23.4 Å². The molecule has 0 spiro atoms. The van der Waals surface area contributed by atoms with Crippen LogP contribution < -0.4 is 0 Å². The molecular weight excluding hydrogens is 272 g/mol. The van der Waals surface area contributed by atoms with E-state index in [0.29, 0.717) is 30.3 Å². The molecule has 6 heteroatoms. The molecule has 0 fully saturated rings. The smallest absolute Gasteiger partial charge is 0.226 e. The SMILES string of the molecule is OCCCc1nc(CSc2ccccc2Cl)no1. The lowest BCUT2D eigenvalue weighted by atomic mass is 10.3. The summed E-state index contributed by atoms with van der Waals surface area (Å²) < 4.78 is 5.07. The zero-order valence-electron chi connectivity index (χ0n) is 9.67. The average molecular weight is 285 g/mol. The Morgan fingerprint density at radius 2 is 2.17 bits per heavy atom. The molecule has 2 aromatic rings. The molecule has 0 atom stereocenters. The maximum absolute atomic E-state index is 8.71. The summed E-state index contributed by atoms with van der Waals surface area (Å²) in [5, 5.41) is 13.3. The van der Waals surface area contributed by atoms with E-state index < -0.39 is 0 Å². The van der Waals surface area contributed by atoms with E-state index in [1.807, 2.05) is 24.3 Å². The van der Waals surface area contributed by atoms with Gasteiger partial charge in [0.25, 0.3) is 0 Å². The Balaban J connectivity index is 1.90. The number of rotatable bonds is 6. The Labute approximate surface area is 114 Å². The lowest BCUT2D eigenvalue weighted by Crippen LogP contribution is -1.90. The Hall–Kier alpha value is -1.04. The minimum absolute atomic E-state index is 0.131. The van der Waals surface area contributed by atoms with Crippen molar-refractivity contribution in [2.75, 3.05) is 6.61 Å². The number of halogens is 1. The fourth-order valence-electron chi connectivity index (χ4n) is 1.38. The van der Waals surface area contributed by atoms with Crippen molar-refractivity contribution in [2.45, 2.75) is 23.5 Å². The Morgan fingerprint density at radius 1 is 1.33 bits per heavy atom. The van der Waals surface area contributed by atoms with Gasteiger partial charge in [0.1, 0.15) is 0 Å². The lowest BCUT2D eigenvalue weighted by Gasteiger charge is -2.00. The highest BCUT2D eigenvalue weighted by molar-refractivity contribution is 7.98. The molecule has 1 N–H and O–H groups in total. The predicted molar refractivity (Wildman–Crippen MR) is 70.7 cm³/mol. The molecule has 0 saturated carbocycles. The lowest BCUT2D eigenvalue weighted by molar-refractivity contribution is 0.278. The van der Waals surface area contributed by atoms with Gasteiger partial charge in [-0.3, -0.25) is 0 Å². The van der Waals surface area contributed by atoms with Crippen LogP contribution in [-0.2, 0) is 12.2 Å². The standard InChI is InChI=1S/C12H13ClN2O2S/c13-9-4-1-2-5-10(9)18-8-11-14-12(17-15-11)6-3-7-16/h1-2,4-5,16H,3,6-8H2. The molecule has 0 aliphatic carbocycles. The second-order valence-corrected chi connectivity index (χ2v) is 5.07. The number of nitrogens with zero attached hydrogens (tertiary/aromatic N) is 2. The van der Waals surface area contributed by atoms with Gasteiger partial charge in [-0.2, -0.15) is 4.98 Å². The van der Waals surface area contributed by atoms with Crippen LogP contribution in [0, 0.1) is 0 Å².